The molecule has 0 aromatic rings. The van der Waals surface area contributed by atoms with Crippen molar-refractivity contribution < 1.29 is 45.4 Å². The van der Waals surface area contributed by atoms with Gasteiger partial charge in [0.05, 0.1) is 11.8 Å². The normalized spacial score (nSPS) is 31.1. The van der Waals surface area contributed by atoms with Crippen molar-refractivity contribution >= 4 is 5.97 Å². The van der Waals surface area contributed by atoms with Crippen LogP contribution in [0.1, 0.15) is 33.6 Å². The quantitative estimate of drug-likeness (QED) is 0.633. The number of hydrogen-bond acceptors (Lipinski definition) is 3. The van der Waals surface area contributed by atoms with Crippen molar-refractivity contribution in [1.29, 1.82) is 0 Å². The Kier molecular flexibility index (Phi) is 4.29. The molecule has 2 atom stereocenters. The lowest BCUT2D eigenvalue weighted by atomic mass is 9.90. The largest absolute Gasteiger partial charge is 0.455 e. The lowest BCUT2D eigenvalue weighted by Gasteiger charge is -2.36. The summed E-state index contributed by atoms with van der Waals surface area (Å²) in [7, 11) is 0. The minimum absolute atomic E-state index is 0.0874. The molecule has 10 heteroatoms. The molecule has 0 bridgehead atoms. The maximum atomic E-state index is 13.8. The van der Waals surface area contributed by atoms with E-state index in [1.54, 1.807) is 0 Å². The van der Waals surface area contributed by atoms with E-state index in [4.69, 9.17) is 5.11 Å². The fourth-order valence-corrected chi connectivity index (χ4v) is 1.93. The number of ether oxygens (including phenoxy) is 1. The summed E-state index contributed by atoms with van der Waals surface area (Å²) in [6.45, 7) is 4.00. The second kappa shape index (κ2) is 4.97. The molecule has 0 radical (unpaired) electrons. The number of aliphatic hydroxyl groups is 1. The number of alkyl halides is 7. The molecule has 22 heavy (non-hydrogen) atoms. The van der Waals surface area contributed by atoms with Crippen LogP contribution in [0.25, 0.3) is 0 Å². The van der Waals surface area contributed by atoms with Gasteiger partial charge in [-0.25, -0.2) is 8.78 Å². The maximum absolute atomic E-state index is 13.8. The summed E-state index contributed by atoms with van der Waals surface area (Å²) in [4.78, 5) is 11.6. The number of carbonyl (C=O) groups is 1. The molecule has 0 saturated heterocycles. The molecule has 0 aromatic carbocycles. The molecule has 0 spiro atoms. The Balaban J connectivity index is 3.21. The van der Waals surface area contributed by atoms with Crippen LogP contribution in [0.3, 0.4) is 0 Å². The third-order valence-corrected chi connectivity index (χ3v) is 3.95. The van der Waals surface area contributed by atoms with Crippen molar-refractivity contribution in [2.45, 2.75) is 63.3 Å². The van der Waals surface area contributed by atoms with Crippen molar-refractivity contribution in [3.05, 3.63) is 0 Å². The Morgan fingerprint density at radius 1 is 1.23 bits per heavy atom. The molecule has 1 fully saturated rings. The van der Waals surface area contributed by atoms with Gasteiger partial charge in [0, 0.05) is 0 Å². The molecule has 130 valence electrons. The molecule has 0 heterocycles. The Morgan fingerprint density at radius 3 is 2.00 bits per heavy atom. The number of halogens is 7. The Labute approximate surface area is 121 Å². The van der Waals surface area contributed by atoms with E-state index in [-0.39, 0.29) is 6.42 Å². The summed E-state index contributed by atoms with van der Waals surface area (Å²) >= 11 is 0. The van der Waals surface area contributed by atoms with Gasteiger partial charge in [0.15, 0.2) is 6.10 Å². The summed E-state index contributed by atoms with van der Waals surface area (Å²) in [5, 5.41) is 9.01. The van der Waals surface area contributed by atoms with E-state index in [1.165, 1.54) is 20.8 Å². The van der Waals surface area contributed by atoms with E-state index < -0.39 is 47.5 Å². The zero-order valence-corrected chi connectivity index (χ0v) is 11.9. The number of hydrogen-bond donors (Lipinski definition) is 1. The number of carbonyl (C=O) groups excluding carboxylic acids is 1. The fraction of sp³-hybridized carbons (Fsp3) is 0.917. The average Bonchev–Trinajstić information content (AvgIpc) is 2.47. The first kappa shape index (κ1) is 19.0. The molecule has 1 aliphatic carbocycles. The van der Waals surface area contributed by atoms with Crippen LogP contribution in [0.5, 0.6) is 0 Å². The van der Waals surface area contributed by atoms with E-state index in [0.29, 0.717) is 0 Å². The van der Waals surface area contributed by atoms with E-state index >= 15 is 0 Å². The van der Waals surface area contributed by atoms with E-state index in [1.807, 2.05) is 0 Å². The van der Waals surface area contributed by atoms with Gasteiger partial charge in [0.2, 0.25) is 0 Å². The van der Waals surface area contributed by atoms with Gasteiger partial charge in [-0.2, -0.15) is 22.0 Å². The van der Waals surface area contributed by atoms with Gasteiger partial charge in [-0.1, -0.05) is 6.92 Å². The van der Waals surface area contributed by atoms with Crippen LogP contribution in [-0.4, -0.2) is 40.8 Å². The maximum Gasteiger partial charge on any atom is 0.429 e. The number of rotatable bonds is 3. The minimum atomic E-state index is -6.30. The summed E-state index contributed by atoms with van der Waals surface area (Å²) in [6.07, 6.45) is -11.4. The van der Waals surface area contributed by atoms with Gasteiger partial charge in [-0.05, 0) is 20.3 Å². The predicted molar refractivity (Wildman–Crippen MR) is 59.5 cm³/mol. The molecule has 0 amide bonds. The first-order valence-corrected chi connectivity index (χ1v) is 6.30. The van der Waals surface area contributed by atoms with Gasteiger partial charge in [0.25, 0.3) is 11.5 Å². The molecular weight excluding hydrogens is 325 g/mol. The monoisotopic (exact) mass is 340 g/mol. The second-order valence-corrected chi connectivity index (χ2v) is 5.87. The molecule has 0 aliphatic heterocycles. The zero-order valence-electron chi connectivity index (χ0n) is 11.9. The van der Waals surface area contributed by atoms with Gasteiger partial charge in [-0.3, -0.25) is 4.79 Å². The Bertz CT molecular complexity index is 458. The average molecular weight is 340 g/mol. The topological polar surface area (TPSA) is 46.5 Å². The van der Waals surface area contributed by atoms with Gasteiger partial charge < -0.3 is 9.84 Å². The van der Waals surface area contributed by atoms with E-state index in [0.717, 1.165) is 0 Å². The standard InChI is InChI=1S/C12H15F7O3/c1-4-8(2,3)7(20)22-6-5-9(13,14)11(21,10(6,15)16)12(17,18)19/h6,21H,4-5H2,1-3H3. The molecule has 1 N–H and O–H groups in total. The van der Waals surface area contributed by atoms with Crippen molar-refractivity contribution in [2.24, 2.45) is 5.41 Å². The summed E-state index contributed by atoms with van der Waals surface area (Å²) in [5.41, 5.74) is -6.93. The molecule has 2 unspecified atom stereocenters. The SMILES string of the molecule is CCC(C)(C)C(=O)OC1CC(F)(F)C(O)(C(F)(F)F)C1(F)F. The highest BCUT2D eigenvalue weighted by atomic mass is 19.4. The van der Waals surface area contributed by atoms with E-state index in [2.05, 4.69) is 4.74 Å². The molecule has 0 aromatic heterocycles. The lowest BCUT2D eigenvalue weighted by Crippen LogP contribution is -2.65. The summed E-state index contributed by atoms with van der Waals surface area (Å²) in [5.74, 6) is -11.9. The first-order chi connectivity index (χ1) is 9.54. The highest BCUT2D eigenvalue weighted by Crippen LogP contribution is 2.60. The summed E-state index contributed by atoms with van der Waals surface area (Å²) < 4.78 is 96.4. The van der Waals surface area contributed by atoms with E-state index in [9.17, 15) is 35.5 Å². The van der Waals surface area contributed by atoms with Gasteiger partial charge >= 0.3 is 18.1 Å². The smallest absolute Gasteiger partial charge is 0.429 e. The van der Waals surface area contributed by atoms with Crippen molar-refractivity contribution in [1.82, 2.24) is 0 Å². The van der Waals surface area contributed by atoms with Crippen LogP contribution in [-0.2, 0) is 9.53 Å². The lowest BCUT2D eigenvalue weighted by molar-refractivity contribution is -0.376. The van der Waals surface area contributed by atoms with Gasteiger partial charge in [-0.15, -0.1) is 0 Å². The second-order valence-electron chi connectivity index (χ2n) is 5.87. The van der Waals surface area contributed by atoms with Crippen molar-refractivity contribution in [2.75, 3.05) is 0 Å². The van der Waals surface area contributed by atoms with Gasteiger partial charge in [0.1, 0.15) is 0 Å². The fourth-order valence-electron chi connectivity index (χ4n) is 1.93. The van der Waals surface area contributed by atoms with Crippen LogP contribution in [0.15, 0.2) is 0 Å². The van der Waals surface area contributed by atoms with Crippen LogP contribution >= 0.6 is 0 Å². The third kappa shape index (κ3) is 2.44. The Hall–Kier alpha value is -1.06. The molecule has 1 saturated carbocycles. The predicted octanol–water partition coefficient (Wildman–Crippen LogP) is 3.30. The highest BCUT2D eigenvalue weighted by molar-refractivity contribution is 5.76. The third-order valence-electron chi connectivity index (χ3n) is 3.95. The number of esters is 1. The molecule has 1 rings (SSSR count). The molecule has 3 nitrogen and oxygen atoms in total. The highest BCUT2D eigenvalue weighted by Gasteiger charge is 2.88. The van der Waals surface area contributed by atoms with Crippen LogP contribution in [0.2, 0.25) is 0 Å². The Morgan fingerprint density at radius 2 is 1.68 bits per heavy atom. The summed E-state index contributed by atoms with van der Waals surface area (Å²) in [6, 6.07) is 0. The van der Waals surface area contributed by atoms with Crippen molar-refractivity contribution in [3.63, 3.8) is 0 Å². The first-order valence-electron chi connectivity index (χ1n) is 6.30. The molecular formula is C12H15F7O3. The van der Waals surface area contributed by atoms with Crippen LogP contribution < -0.4 is 0 Å². The zero-order chi connectivity index (χ0) is 17.8. The van der Waals surface area contributed by atoms with Crippen LogP contribution in [0, 0.1) is 5.41 Å². The van der Waals surface area contributed by atoms with Crippen LogP contribution in [0.4, 0.5) is 30.7 Å². The molecule has 1 aliphatic rings. The van der Waals surface area contributed by atoms with Crippen molar-refractivity contribution in [3.8, 4) is 0 Å². The minimum Gasteiger partial charge on any atom is -0.455 e.